The van der Waals surface area contributed by atoms with Crippen LogP contribution in [0.1, 0.15) is 20.3 Å². The Kier molecular flexibility index (Phi) is 3.83. The fourth-order valence-electron chi connectivity index (χ4n) is 0.706. The molecule has 0 radical (unpaired) electrons. The van der Waals surface area contributed by atoms with Gasteiger partial charge in [-0.2, -0.15) is 0 Å². The average Bonchev–Trinajstić information content (AvgIpc) is 2.17. The number of rotatable bonds is 4. The van der Waals surface area contributed by atoms with E-state index >= 15 is 0 Å². The molecule has 0 saturated carbocycles. The summed E-state index contributed by atoms with van der Waals surface area (Å²) in [6, 6.07) is 0.360. The lowest BCUT2D eigenvalue weighted by molar-refractivity contribution is 0.210. The van der Waals surface area contributed by atoms with E-state index in [2.05, 4.69) is 25.9 Å². The van der Waals surface area contributed by atoms with E-state index < -0.39 is 0 Å². The van der Waals surface area contributed by atoms with Crippen molar-refractivity contribution < 1.29 is 4.74 Å². The third-order valence-electron chi connectivity index (χ3n) is 1.94. The first-order valence-corrected chi connectivity index (χ1v) is 5.22. The lowest BCUT2D eigenvalue weighted by atomic mass is 10.0. The van der Waals surface area contributed by atoms with Gasteiger partial charge in [0, 0.05) is 17.9 Å². The first kappa shape index (κ1) is 11.4. The van der Waals surface area contributed by atoms with Gasteiger partial charge in [0.1, 0.15) is 6.61 Å². The van der Waals surface area contributed by atoms with E-state index in [4.69, 9.17) is 10.5 Å². The largest absolute Gasteiger partial charge is 0.462 e. The van der Waals surface area contributed by atoms with Crippen LogP contribution in [-0.4, -0.2) is 22.1 Å². The standard InChI is InChI=1S/C9H14BrN3O/c1-3-9(2,11)6-14-8-12-4-7(10)5-13-8/h4-5H,3,6,11H2,1-2H3. The van der Waals surface area contributed by atoms with Crippen molar-refractivity contribution in [2.75, 3.05) is 6.61 Å². The van der Waals surface area contributed by atoms with Crippen LogP contribution in [-0.2, 0) is 0 Å². The maximum Gasteiger partial charge on any atom is 0.316 e. The van der Waals surface area contributed by atoms with Crippen molar-refractivity contribution in [1.29, 1.82) is 0 Å². The summed E-state index contributed by atoms with van der Waals surface area (Å²) in [6.45, 7) is 4.38. The van der Waals surface area contributed by atoms with Crippen LogP contribution in [0.5, 0.6) is 6.01 Å². The number of hydrogen-bond acceptors (Lipinski definition) is 4. The maximum atomic E-state index is 5.90. The molecule has 78 valence electrons. The average molecular weight is 260 g/mol. The SMILES string of the molecule is CCC(C)(N)COc1ncc(Br)cn1. The minimum Gasteiger partial charge on any atom is -0.462 e. The van der Waals surface area contributed by atoms with Crippen LogP contribution in [0.15, 0.2) is 16.9 Å². The van der Waals surface area contributed by atoms with Gasteiger partial charge in [-0.1, -0.05) is 6.92 Å². The van der Waals surface area contributed by atoms with Crippen LogP contribution in [0.4, 0.5) is 0 Å². The Balaban J connectivity index is 2.50. The van der Waals surface area contributed by atoms with E-state index in [0.29, 0.717) is 12.6 Å². The predicted octanol–water partition coefficient (Wildman–Crippen LogP) is 1.75. The lowest BCUT2D eigenvalue weighted by Crippen LogP contribution is -2.41. The van der Waals surface area contributed by atoms with Gasteiger partial charge in [0.15, 0.2) is 0 Å². The highest BCUT2D eigenvalue weighted by Crippen LogP contribution is 2.10. The summed E-state index contributed by atoms with van der Waals surface area (Å²) in [7, 11) is 0. The fraction of sp³-hybridized carbons (Fsp3) is 0.556. The molecule has 0 aliphatic rings. The van der Waals surface area contributed by atoms with Crippen molar-refractivity contribution in [2.24, 2.45) is 5.73 Å². The zero-order chi connectivity index (χ0) is 10.6. The fourth-order valence-corrected chi connectivity index (χ4v) is 0.911. The third-order valence-corrected chi connectivity index (χ3v) is 2.34. The number of ether oxygens (including phenoxy) is 1. The van der Waals surface area contributed by atoms with Crippen molar-refractivity contribution in [1.82, 2.24) is 9.97 Å². The smallest absolute Gasteiger partial charge is 0.316 e. The Morgan fingerprint density at radius 2 is 2.07 bits per heavy atom. The summed E-state index contributed by atoms with van der Waals surface area (Å²) >= 11 is 3.24. The van der Waals surface area contributed by atoms with Gasteiger partial charge in [-0.05, 0) is 29.3 Å². The van der Waals surface area contributed by atoms with Gasteiger partial charge in [-0.3, -0.25) is 0 Å². The third kappa shape index (κ3) is 3.59. The van der Waals surface area contributed by atoms with Gasteiger partial charge in [0.05, 0.1) is 4.47 Å². The van der Waals surface area contributed by atoms with E-state index in [1.54, 1.807) is 12.4 Å². The molecule has 4 nitrogen and oxygen atoms in total. The zero-order valence-electron chi connectivity index (χ0n) is 8.33. The summed E-state index contributed by atoms with van der Waals surface area (Å²) in [5.74, 6) is 0. The normalized spacial score (nSPS) is 14.9. The summed E-state index contributed by atoms with van der Waals surface area (Å²) in [5, 5.41) is 0. The quantitative estimate of drug-likeness (QED) is 0.895. The van der Waals surface area contributed by atoms with Crippen LogP contribution in [0.25, 0.3) is 0 Å². The van der Waals surface area contributed by atoms with Gasteiger partial charge in [0.25, 0.3) is 0 Å². The number of hydrogen-bond donors (Lipinski definition) is 1. The summed E-state index contributed by atoms with van der Waals surface area (Å²) in [6.07, 6.45) is 4.13. The molecule has 1 atom stereocenters. The highest BCUT2D eigenvalue weighted by molar-refractivity contribution is 9.10. The molecule has 0 aliphatic carbocycles. The molecule has 1 unspecified atom stereocenters. The molecular weight excluding hydrogens is 246 g/mol. The topological polar surface area (TPSA) is 61.0 Å². The van der Waals surface area contributed by atoms with Gasteiger partial charge < -0.3 is 10.5 Å². The first-order valence-electron chi connectivity index (χ1n) is 4.43. The second kappa shape index (κ2) is 4.70. The van der Waals surface area contributed by atoms with E-state index in [9.17, 15) is 0 Å². The van der Waals surface area contributed by atoms with Crippen molar-refractivity contribution >= 4 is 15.9 Å². The molecule has 0 aromatic carbocycles. The minimum atomic E-state index is -0.323. The molecule has 0 saturated heterocycles. The molecule has 0 fully saturated rings. The second-order valence-corrected chi connectivity index (χ2v) is 4.40. The van der Waals surface area contributed by atoms with Crippen molar-refractivity contribution in [3.05, 3.63) is 16.9 Å². The molecule has 1 aromatic heterocycles. The number of aromatic nitrogens is 2. The van der Waals surface area contributed by atoms with E-state index in [0.717, 1.165) is 10.9 Å². The Morgan fingerprint density at radius 1 is 1.50 bits per heavy atom. The molecule has 1 aromatic rings. The van der Waals surface area contributed by atoms with Crippen LogP contribution in [0.3, 0.4) is 0 Å². The lowest BCUT2D eigenvalue weighted by Gasteiger charge is -2.21. The molecule has 5 heteroatoms. The summed E-state index contributed by atoms with van der Waals surface area (Å²) < 4.78 is 6.18. The molecular formula is C9H14BrN3O. The molecule has 1 rings (SSSR count). The summed E-state index contributed by atoms with van der Waals surface area (Å²) in [4.78, 5) is 7.96. The Hall–Kier alpha value is -0.680. The van der Waals surface area contributed by atoms with Crippen LogP contribution < -0.4 is 10.5 Å². The Labute approximate surface area is 92.0 Å². The molecule has 14 heavy (non-hydrogen) atoms. The van der Waals surface area contributed by atoms with Crippen LogP contribution >= 0.6 is 15.9 Å². The number of nitrogens with zero attached hydrogens (tertiary/aromatic N) is 2. The Bertz CT molecular complexity index is 287. The van der Waals surface area contributed by atoms with Crippen molar-refractivity contribution in [2.45, 2.75) is 25.8 Å². The van der Waals surface area contributed by atoms with Gasteiger partial charge in [-0.15, -0.1) is 0 Å². The van der Waals surface area contributed by atoms with Gasteiger partial charge in [-0.25, -0.2) is 9.97 Å². The van der Waals surface area contributed by atoms with E-state index in [1.165, 1.54) is 0 Å². The highest BCUT2D eigenvalue weighted by Gasteiger charge is 2.16. The van der Waals surface area contributed by atoms with E-state index in [-0.39, 0.29) is 5.54 Å². The summed E-state index contributed by atoms with van der Waals surface area (Å²) in [5.41, 5.74) is 5.58. The molecule has 0 spiro atoms. The minimum absolute atomic E-state index is 0.323. The zero-order valence-corrected chi connectivity index (χ0v) is 9.91. The number of halogens is 1. The van der Waals surface area contributed by atoms with Gasteiger partial charge in [0.2, 0.25) is 0 Å². The molecule has 2 N–H and O–H groups in total. The molecule has 0 amide bonds. The van der Waals surface area contributed by atoms with Crippen molar-refractivity contribution in [3.63, 3.8) is 0 Å². The maximum absolute atomic E-state index is 5.90. The highest BCUT2D eigenvalue weighted by atomic mass is 79.9. The van der Waals surface area contributed by atoms with Crippen LogP contribution in [0, 0.1) is 0 Å². The van der Waals surface area contributed by atoms with Crippen molar-refractivity contribution in [3.8, 4) is 6.01 Å². The predicted molar refractivity (Wildman–Crippen MR) is 58.1 cm³/mol. The molecule has 1 heterocycles. The molecule has 0 aliphatic heterocycles. The second-order valence-electron chi connectivity index (χ2n) is 3.48. The van der Waals surface area contributed by atoms with Gasteiger partial charge >= 0.3 is 6.01 Å². The number of nitrogens with two attached hydrogens (primary N) is 1. The van der Waals surface area contributed by atoms with Crippen LogP contribution in [0.2, 0.25) is 0 Å². The monoisotopic (exact) mass is 259 g/mol. The molecule has 0 bridgehead atoms. The van der Waals surface area contributed by atoms with E-state index in [1.807, 2.05) is 13.8 Å². The Morgan fingerprint density at radius 3 is 2.57 bits per heavy atom. The first-order chi connectivity index (χ1) is 6.53.